The molecule has 2 rings (SSSR count). The van der Waals surface area contributed by atoms with Crippen LogP contribution in [0.5, 0.6) is 0 Å². The molecule has 0 aliphatic carbocycles. The molecule has 1 aromatic carbocycles. The maximum atomic E-state index is 3.71. The van der Waals surface area contributed by atoms with Crippen molar-refractivity contribution >= 4 is 21.6 Å². The van der Waals surface area contributed by atoms with Crippen LogP contribution >= 0.6 is 15.9 Å². The molecule has 112 valence electrons. The largest absolute Gasteiger partial charge is 0.371 e. The van der Waals surface area contributed by atoms with Crippen LogP contribution in [0.25, 0.3) is 0 Å². The van der Waals surface area contributed by atoms with Crippen LogP contribution in [0.4, 0.5) is 5.69 Å². The molecular formula is C17H27BrN2. The van der Waals surface area contributed by atoms with Gasteiger partial charge in [0.05, 0.1) is 0 Å². The van der Waals surface area contributed by atoms with Crippen molar-refractivity contribution in [3.8, 4) is 0 Å². The highest BCUT2D eigenvalue weighted by atomic mass is 79.9. The lowest BCUT2D eigenvalue weighted by Gasteiger charge is -2.35. The van der Waals surface area contributed by atoms with Gasteiger partial charge >= 0.3 is 0 Å². The van der Waals surface area contributed by atoms with Crippen molar-refractivity contribution in [3.63, 3.8) is 0 Å². The summed E-state index contributed by atoms with van der Waals surface area (Å²) in [4.78, 5) is 2.53. The van der Waals surface area contributed by atoms with Gasteiger partial charge in [-0.05, 0) is 48.9 Å². The Labute approximate surface area is 132 Å². The van der Waals surface area contributed by atoms with Gasteiger partial charge in [0.25, 0.3) is 0 Å². The average Bonchev–Trinajstić information content (AvgIpc) is 2.46. The first-order valence-electron chi connectivity index (χ1n) is 7.86. The summed E-state index contributed by atoms with van der Waals surface area (Å²) in [5.74, 6) is 1.73. The zero-order chi connectivity index (χ0) is 14.5. The average molecular weight is 339 g/mol. The molecule has 0 spiro atoms. The predicted molar refractivity (Wildman–Crippen MR) is 91.3 cm³/mol. The summed E-state index contributed by atoms with van der Waals surface area (Å²) in [6.45, 7) is 11.2. The molecule has 1 aliphatic rings. The maximum Gasteiger partial charge on any atom is 0.0377 e. The molecule has 0 aromatic heterocycles. The zero-order valence-electron chi connectivity index (χ0n) is 13.0. The van der Waals surface area contributed by atoms with E-state index in [1.807, 2.05) is 0 Å². The molecule has 0 unspecified atom stereocenters. The van der Waals surface area contributed by atoms with E-state index in [2.05, 4.69) is 65.1 Å². The molecule has 0 radical (unpaired) electrons. The molecule has 1 aromatic rings. The monoisotopic (exact) mass is 338 g/mol. The summed E-state index contributed by atoms with van der Waals surface area (Å²) >= 11 is 3.71. The molecule has 0 atom stereocenters. The van der Waals surface area contributed by atoms with Gasteiger partial charge in [-0.1, -0.05) is 42.8 Å². The SMILES string of the molecule is CCNCc1ccc(N2CCC(C(C)C)CC2)cc1Br. The van der Waals surface area contributed by atoms with Crippen LogP contribution in [-0.4, -0.2) is 19.6 Å². The van der Waals surface area contributed by atoms with E-state index in [-0.39, 0.29) is 0 Å². The third kappa shape index (κ3) is 3.98. The summed E-state index contributed by atoms with van der Waals surface area (Å²) in [5, 5.41) is 3.38. The van der Waals surface area contributed by atoms with Gasteiger partial charge in [-0.15, -0.1) is 0 Å². The van der Waals surface area contributed by atoms with Gasteiger partial charge in [-0.25, -0.2) is 0 Å². The van der Waals surface area contributed by atoms with Gasteiger partial charge in [-0.2, -0.15) is 0 Å². The van der Waals surface area contributed by atoms with Crippen LogP contribution in [0.3, 0.4) is 0 Å². The molecular weight excluding hydrogens is 312 g/mol. The third-order valence-corrected chi connectivity index (χ3v) is 5.19. The normalized spacial score (nSPS) is 16.9. The van der Waals surface area contributed by atoms with Gasteiger partial charge in [0, 0.05) is 29.8 Å². The highest BCUT2D eigenvalue weighted by molar-refractivity contribution is 9.10. The van der Waals surface area contributed by atoms with E-state index in [4.69, 9.17) is 0 Å². The number of anilines is 1. The quantitative estimate of drug-likeness (QED) is 0.854. The Bertz CT molecular complexity index is 423. The summed E-state index contributed by atoms with van der Waals surface area (Å²) in [5.41, 5.74) is 2.70. The Morgan fingerprint density at radius 1 is 1.30 bits per heavy atom. The highest BCUT2D eigenvalue weighted by Gasteiger charge is 2.21. The highest BCUT2D eigenvalue weighted by Crippen LogP contribution is 2.30. The van der Waals surface area contributed by atoms with Crippen LogP contribution in [-0.2, 0) is 6.54 Å². The summed E-state index contributed by atoms with van der Waals surface area (Å²) < 4.78 is 1.22. The van der Waals surface area contributed by atoms with E-state index in [0.717, 1.165) is 24.9 Å². The minimum Gasteiger partial charge on any atom is -0.371 e. The zero-order valence-corrected chi connectivity index (χ0v) is 14.5. The lowest BCUT2D eigenvalue weighted by molar-refractivity contribution is 0.311. The minimum atomic E-state index is 0.825. The first-order valence-corrected chi connectivity index (χ1v) is 8.65. The van der Waals surface area contributed by atoms with Crippen LogP contribution in [0.1, 0.15) is 39.2 Å². The number of hydrogen-bond donors (Lipinski definition) is 1. The van der Waals surface area contributed by atoms with Crippen molar-refractivity contribution < 1.29 is 0 Å². The fourth-order valence-electron chi connectivity index (χ4n) is 2.96. The Morgan fingerprint density at radius 3 is 2.55 bits per heavy atom. The minimum absolute atomic E-state index is 0.825. The van der Waals surface area contributed by atoms with Crippen LogP contribution in [0, 0.1) is 11.8 Å². The Hall–Kier alpha value is -0.540. The number of hydrogen-bond acceptors (Lipinski definition) is 2. The molecule has 0 saturated carbocycles. The Balaban J connectivity index is 1.98. The lowest BCUT2D eigenvalue weighted by atomic mass is 9.86. The number of halogens is 1. The fraction of sp³-hybridized carbons (Fsp3) is 0.647. The molecule has 1 saturated heterocycles. The molecule has 1 fully saturated rings. The van der Waals surface area contributed by atoms with Crippen molar-refractivity contribution in [1.82, 2.24) is 5.32 Å². The lowest BCUT2D eigenvalue weighted by Crippen LogP contribution is -2.35. The van der Waals surface area contributed by atoms with Crippen LogP contribution in [0.2, 0.25) is 0 Å². The van der Waals surface area contributed by atoms with Gasteiger partial charge in [0.15, 0.2) is 0 Å². The van der Waals surface area contributed by atoms with E-state index in [0.29, 0.717) is 0 Å². The predicted octanol–water partition coefficient (Wildman–Crippen LogP) is 4.43. The standard InChI is InChI=1S/C17H27BrN2/c1-4-19-12-15-5-6-16(11-17(15)18)20-9-7-14(8-10-20)13(2)3/h5-6,11,13-14,19H,4,7-10,12H2,1-3H3. The topological polar surface area (TPSA) is 15.3 Å². The molecule has 3 heteroatoms. The van der Waals surface area contributed by atoms with Gasteiger partial charge in [-0.3, -0.25) is 0 Å². The molecule has 0 bridgehead atoms. The summed E-state index contributed by atoms with van der Waals surface area (Å²) in [6.07, 6.45) is 2.66. The maximum absolute atomic E-state index is 3.71. The summed E-state index contributed by atoms with van der Waals surface area (Å²) in [6, 6.07) is 6.80. The van der Waals surface area contributed by atoms with E-state index >= 15 is 0 Å². The number of nitrogens with zero attached hydrogens (tertiary/aromatic N) is 1. The Morgan fingerprint density at radius 2 is 2.00 bits per heavy atom. The van der Waals surface area contributed by atoms with Gasteiger partial charge < -0.3 is 10.2 Å². The second-order valence-electron chi connectivity index (χ2n) is 6.12. The van der Waals surface area contributed by atoms with Crippen molar-refractivity contribution in [2.24, 2.45) is 11.8 Å². The van der Waals surface area contributed by atoms with E-state index in [1.165, 1.54) is 41.7 Å². The molecule has 1 heterocycles. The number of benzene rings is 1. The number of rotatable bonds is 5. The molecule has 1 N–H and O–H groups in total. The molecule has 2 nitrogen and oxygen atoms in total. The van der Waals surface area contributed by atoms with Gasteiger partial charge in [0.1, 0.15) is 0 Å². The van der Waals surface area contributed by atoms with Crippen LogP contribution in [0.15, 0.2) is 22.7 Å². The first-order chi connectivity index (χ1) is 9.61. The smallest absolute Gasteiger partial charge is 0.0377 e. The second-order valence-corrected chi connectivity index (χ2v) is 6.98. The number of piperidine rings is 1. The van der Waals surface area contributed by atoms with Crippen molar-refractivity contribution in [2.75, 3.05) is 24.5 Å². The summed E-state index contributed by atoms with van der Waals surface area (Å²) in [7, 11) is 0. The molecule has 0 amide bonds. The number of nitrogens with one attached hydrogen (secondary N) is 1. The van der Waals surface area contributed by atoms with Crippen molar-refractivity contribution in [1.29, 1.82) is 0 Å². The molecule has 1 aliphatic heterocycles. The van der Waals surface area contributed by atoms with Crippen molar-refractivity contribution in [2.45, 2.75) is 40.2 Å². The van der Waals surface area contributed by atoms with E-state index in [9.17, 15) is 0 Å². The van der Waals surface area contributed by atoms with E-state index < -0.39 is 0 Å². The van der Waals surface area contributed by atoms with E-state index in [1.54, 1.807) is 0 Å². The fourth-order valence-corrected chi connectivity index (χ4v) is 3.47. The van der Waals surface area contributed by atoms with Crippen molar-refractivity contribution in [3.05, 3.63) is 28.2 Å². The third-order valence-electron chi connectivity index (χ3n) is 4.45. The van der Waals surface area contributed by atoms with Crippen LogP contribution < -0.4 is 10.2 Å². The Kier molecular flexibility index (Phi) is 5.91. The first kappa shape index (κ1) is 15.8. The second kappa shape index (κ2) is 7.46. The molecule has 20 heavy (non-hydrogen) atoms. The van der Waals surface area contributed by atoms with Gasteiger partial charge in [0.2, 0.25) is 0 Å².